The lowest BCUT2D eigenvalue weighted by atomic mass is 10.0. The Morgan fingerprint density at radius 2 is 2.07 bits per heavy atom. The molecule has 0 aliphatic rings. The lowest BCUT2D eigenvalue weighted by molar-refractivity contribution is 0.0698. The van der Waals surface area contributed by atoms with Gasteiger partial charge in [0.1, 0.15) is 27.9 Å². The number of rotatable bonds is 6. The van der Waals surface area contributed by atoms with E-state index in [9.17, 15) is 18.4 Å². The van der Waals surface area contributed by atoms with Crippen LogP contribution in [0.3, 0.4) is 0 Å². The molecule has 0 aliphatic heterocycles. The monoisotopic (exact) mass is 411 g/mol. The number of carboxylic acid groups (broad SMARTS) is 1. The zero-order valence-electron chi connectivity index (χ0n) is 21.7. The molecule has 0 atom stereocenters. The summed E-state index contributed by atoms with van der Waals surface area (Å²) < 4.78 is 95.4. The highest BCUT2D eigenvalue weighted by atomic mass is 32.1. The molecule has 0 unspecified atom stereocenters. The molecule has 144 valence electrons. The van der Waals surface area contributed by atoms with Crippen LogP contribution in [0.4, 0.5) is 14.5 Å². The molecule has 0 saturated carbocycles. The Kier molecular flexibility index (Phi) is 3.38. The summed E-state index contributed by atoms with van der Waals surface area (Å²) in [5.74, 6) is -6.06. The van der Waals surface area contributed by atoms with Crippen LogP contribution >= 0.6 is 11.3 Å². The Labute approximate surface area is 174 Å². The van der Waals surface area contributed by atoms with E-state index >= 15 is 0 Å². The first kappa shape index (κ1) is 11.6. The first-order valence-corrected chi connectivity index (χ1v) is 8.34. The van der Waals surface area contributed by atoms with E-state index in [1.54, 1.807) is 0 Å². The summed E-state index contributed by atoms with van der Waals surface area (Å²) in [6.45, 7) is -6.62. The molecule has 28 heavy (non-hydrogen) atoms. The van der Waals surface area contributed by atoms with Crippen LogP contribution in [0.2, 0.25) is 0 Å². The maximum absolute atomic E-state index is 14.8. The van der Waals surface area contributed by atoms with Crippen LogP contribution < -0.4 is 10.1 Å². The zero-order valence-corrected chi connectivity index (χ0v) is 14.5. The molecule has 2 aromatic carbocycles. The van der Waals surface area contributed by atoms with E-state index in [1.165, 1.54) is 5.38 Å². The summed E-state index contributed by atoms with van der Waals surface area (Å²) in [6, 6.07) is 1.13. The van der Waals surface area contributed by atoms with E-state index in [2.05, 4.69) is 0 Å². The van der Waals surface area contributed by atoms with Crippen LogP contribution in [0.1, 0.15) is 37.8 Å². The SMILES string of the molecule is [2H]c1cc([2H])c(-c2cc(F)c(NC(=O)c3ccsc3C(=O)O)c(F)c2)c([2H])c1OC([2H])([2H])C([2H])([2H])[2H]. The van der Waals surface area contributed by atoms with Crippen LogP contribution in [0.5, 0.6) is 5.75 Å². The van der Waals surface area contributed by atoms with Gasteiger partial charge in [0.2, 0.25) is 0 Å². The van der Waals surface area contributed by atoms with Crippen LogP contribution in [-0.4, -0.2) is 23.5 Å². The molecule has 5 nitrogen and oxygen atoms in total. The summed E-state index contributed by atoms with van der Waals surface area (Å²) in [7, 11) is 0. The zero-order chi connectivity index (χ0) is 27.2. The number of ether oxygens (including phenoxy) is 1. The van der Waals surface area contributed by atoms with Crippen molar-refractivity contribution >= 4 is 28.9 Å². The number of carboxylic acids is 1. The van der Waals surface area contributed by atoms with Crippen molar-refractivity contribution in [3.05, 3.63) is 69.8 Å². The molecule has 0 radical (unpaired) electrons. The second-order valence-corrected chi connectivity index (χ2v) is 6.12. The number of halogens is 2. The summed E-state index contributed by atoms with van der Waals surface area (Å²) >= 11 is 0.737. The average molecular weight is 411 g/mol. The number of carbonyl (C=O) groups excluding carboxylic acids is 1. The molecule has 1 amide bonds. The van der Waals surface area contributed by atoms with Gasteiger partial charge in [-0.2, -0.15) is 0 Å². The van der Waals surface area contributed by atoms with Gasteiger partial charge in [-0.05, 0) is 53.6 Å². The number of anilines is 1. The third kappa shape index (κ3) is 4.01. The smallest absolute Gasteiger partial charge is 0.346 e. The maximum atomic E-state index is 14.8. The average Bonchev–Trinajstić information content (AvgIpc) is 3.23. The van der Waals surface area contributed by atoms with Crippen molar-refractivity contribution in [1.82, 2.24) is 0 Å². The Balaban J connectivity index is 2.04. The van der Waals surface area contributed by atoms with E-state index in [-0.39, 0.29) is 10.4 Å². The summed E-state index contributed by atoms with van der Waals surface area (Å²) in [4.78, 5) is 23.2. The minimum absolute atomic E-state index is 0.325. The fraction of sp³-hybridized carbons (Fsp3) is 0.100. The summed E-state index contributed by atoms with van der Waals surface area (Å²) in [5, 5.41) is 12.4. The number of thiophene rings is 1. The number of hydrogen-bond donors (Lipinski definition) is 2. The number of benzene rings is 2. The predicted octanol–water partition coefficient (Wildman–Crippen LogP) is 5.04. The van der Waals surface area contributed by atoms with Crippen molar-refractivity contribution in [2.24, 2.45) is 0 Å². The van der Waals surface area contributed by atoms with Crippen molar-refractivity contribution < 1.29 is 39.2 Å². The fourth-order valence-corrected chi connectivity index (χ4v) is 3.02. The number of carbonyl (C=O) groups is 2. The molecule has 0 saturated heterocycles. The van der Waals surface area contributed by atoms with Gasteiger partial charge >= 0.3 is 5.97 Å². The minimum Gasteiger partial charge on any atom is -0.494 e. The molecule has 0 spiro atoms. The molecule has 3 rings (SSSR count). The maximum Gasteiger partial charge on any atom is 0.346 e. The standard InChI is InChI=1S/C20H15F2NO4S/c1-2-27-13-5-3-4-11(8-13)12-9-15(21)17(16(22)10-12)23-19(24)14-6-7-28-18(14)20(25)26/h3-10H,2H2,1H3,(H,23,24)(H,25,26)/i1D3,2D2,4D,5D,8D. The van der Waals surface area contributed by atoms with Crippen molar-refractivity contribution in [2.75, 3.05) is 11.9 Å². The van der Waals surface area contributed by atoms with Crippen LogP contribution in [0.15, 0.2) is 47.8 Å². The van der Waals surface area contributed by atoms with Crippen LogP contribution in [0.25, 0.3) is 11.1 Å². The molecule has 0 bridgehead atoms. The molecule has 0 aliphatic carbocycles. The second-order valence-electron chi connectivity index (χ2n) is 5.20. The van der Waals surface area contributed by atoms with Crippen molar-refractivity contribution in [3.8, 4) is 16.9 Å². The van der Waals surface area contributed by atoms with E-state index in [0.717, 1.165) is 23.5 Å². The summed E-state index contributed by atoms with van der Waals surface area (Å²) in [5.41, 5.74) is -2.17. The van der Waals surface area contributed by atoms with E-state index in [4.69, 9.17) is 20.8 Å². The molecular formula is C20H15F2NO4S. The fourth-order valence-electron chi connectivity index (χ4n) is 2.29. The Morgan fingerprint density at radius 3 is 2.75 bits per heavy atom. The van der Waals surface area contributed by atoms with Crippen LogP contribution in [-0.2, 0) is 0 Å². The van der Waals surface area contributed by atoms with Gasteiger partial charge in [-0.25, -0.2) is 13.6 Å². The van der Waals surface area contributed by atoms with Crippen molar-refractivity contribution in [1.29, 1.82) is 0 Å². The number of amides is 1. The largest absolute Gasteiger partial charge is 0.494 e. The molecule has 1 heterocycles. The molecule has 8 heteroatoms. The third-order valence-corrected chi connectivity index (χ3v) is 4.39. The molecule has 1 aromatic heterocycles. The highest BCUT2D eigenvalue weighted by Crippen LogP contribution is 2.30. The van der Waals surface area contributed by atoms with Gasteiger partial charge in [-0.15, -0.1) is 11.3 Å². The topological polar surface area (TPSA) is 75.6 Å². The number of nitrogens with one attached hydrogen (secondary N) is 1. The van der Waals surface area contributed by atoms with Gasteiger partial charge in [0.15, 0.2) is 0 Å². The number of aromatic carboxylic acids is 1. The van der Waals surface area contributed by atoms with Gasteiger partial charge in [0.25, 0.3) is 5.91 Å². The molecular weight excluding hydrogens is 388 g/mol. The minimum atomic E-state index is -3.32. The Hall–Kier alpha value is -3.26. The quantitative estimate of drug-likeness (QED) is 0.596. The molecule has 3 aromatic rings. The summed E-state index contributed by atoms with van der Waals surface area (Å²) in [6.07, 6.45) is 0. The van der Waals surface area contributed by atoms with Crippen molar-refractivity contribution in [2.45, 2.75) is 6.85 Å². The Morgan fingerprint density at radius 1 is 1.32 bits per heavy atom. The molecule has 0 fully saturated rings. The van der Waals surface area contributed by atoms with Crippen molar-refractivity contribution in [3.63, 3.8) is 0 Å². The highest BCUT2D eigenvalue weighted by molar-refractivity contribution is 7.12. The lowest BCUT2D eigenvalue weighted by Crippen LogP contribution is -2.16. The lowest BCUT2D eigenvalue weighted by Gasteiger charge is -2.11. The third-order valence-electron chi connectivity index (χ3n) is 3.48. The van der Waals surface area contributed by atoms with Crippen LogP contribution in [0, 0.1) is 11.6 Å². The van der Waals surface area contributed by atoms with Gasteiger partial charge in [0, 0.05) is 4.11 Å². The van der Waals surface area contributed by atoms with E-state index in [1.807, 2.05) is 5.32 Å². The van der Waals surface area contributed by atoms with Gasteiger partial charge in [-0.3, -0.25) is 4.79 Å². The van der Waals surface area contributed by atoms with Gasteiger partial charge in [-0.1, -0.05) is 12.1 Å². The predicted molar refractivity (Wildman–Crippen MR) is 102 cm³/mol. The first-order chi connectivity index (χ1) is 16.5. The van der Waals surface area contributed by atoms with E-state index in [0.29, 0.717) is 12.1 Å². The second kappa shape index (κ2) is 8.18. The van der Waals surface area contributed by atoms with Gasteiger partial charge < -0.3 is 15.2 Å². The first-order valence-electron chi connectivity index (χ1n) is 11.5. The highest BCUT2D eigenvalue weighted by Gasteiger charge is 2.21. The molecule has 2 N–H and O–H groups in total. The Bertz CT molecular complexity index is 1350. The normalized spacial score (nSPS) is 15.6. The van der Waals surface area contributed by atoms with Gasteiger partial charge in [0.05, 0.1) is 19.0 Å². The number of hydrogen-bond acceptors (Lipinski definition) is 4. The van der Waals surface area contributed by atoms with E-state index < -0.39 is 77.6 Å².